The fourth-order valence-electron chi connectivity index (χ4n) is 5.23. The van der Waals surface area contributed by atoms with Crippen LogP contribution in [-0.4, -0.2) is 24.8 Å². The van der Waals surface area contributed by atoms with Crippen LogP contribution in [0.4, 0.5) is 11.4 Å². The number of carbonyl (C=O) groups is 3. The molecular formula is C41H33N3O4S. The van der Waals surface area contributed by atoms with Gasteiger partial charge in [0.1, 0.15) is 16.7 Å². The van der Waals surface area contributed by atoms with Gasteiger partial charge in [0, 0.05) is 27.2 Å². The van der Waals surface area contributed by atoms with Gasteiger partial charge in [0.25, 0.3) is 11.8 Å². The lowest BCUT2D eigenvalue weighted by molar-refractivity contribution is -0.116. The van der Waals surface area contributed by atoms with E-state index >= 15 is 0 Å². The molecule has 0 fully saturated rings. The lowest BCUT2D eigenvalue weighted by atomic mass is 10.1. The number of ether oxygens (including phenoxy) is 1. The first kappa shape index (κ1) is 32.8. The summed E-state index contributed by atoms with van der Waals surface area (Å²) in [6, 6.07) is 46.6. The average Bonchev–Trinajstić information content (AvgIpc) is 3.15. The highest BCUT2D eigenvalue weighted by Crippen LogP contribution is 2.37. The molecule has 49 heavy (non-hydrogen) atoms. The third-order valence-electron chi connectivity index (χ3n) is 7.69. The molecule has 0 heterocycles. The number of fused-ring (bicyclic) bond motifs is 1. The van der Waals surface area contributed by atoms with Crippen molar-refractivity contribution in [2.45, 2.75) is 10.1 Å². The molecule has 0 aliphatic rings. The molecule has 1 unspecified atom stereocenters. The Bertz CT molecular complexity index is 2110. The van der Waals surface area contributed by atoms with Crippen molar-refractivity contribution in [2.75, 3.05) is 17.7 Å². The maximum absolute atomic E-state index is 13.8. The highest BCUT2D eigenvalue weighted by atomic mass is 32.2. The van der Waals surface area contributed by atoms with Crippen molar-refractivity contribution < 1.29 is 19.1 Å². The normalized spacial score (nSPS) is 11.7. The van der Waals surface area contributed by atoms with Gasteiger partial charge in [0.05, 0.1) is 7.11 Å². The Labute approximate surface area is 289 Å². The molecule has 6 aromatic carbocycles. The third-order valence-corrected chi connectivity index (χ3v) is 8.95. The standard InChI is InChI=1S/C41H33N3O4S/c1-48-33-19-10-12-28(26-33)27-37(44-39(45)31-16-6-3-7-17-31)40(46)42-32-22-24-34(25-23-32)49-38(30-14-4-2-5-15-30)41(47)43-36-21-11-18-29-13-8-9-20-35(29)36/h2-27,38H,1H3,(H,42,46)(H,43,47)(H,44,45)/b37-27-. The van der Waals surface area contributed by atoms with Gasteiger partial charge in [-0.15, -0.1) is 11.8 Å². The Morgan fingerprint density at radius 1 is 0.694 bits per heavy atom. The number of thioether (sulfide) groups is 1. The van der Waals surface area contributed by atoms with Crippen LogP contribution in [0.5, 0.6) is 5.75 Å². The van der Waals surface area contributed by atoms with E-state index in [-0.39, 0.29) is 11.6 Å². The molecule has 242 valence electrons. The lowest BCUT2D eigenvalue weighted by Gasteiger charge is -2.18. The summed E-state index contributed by atoms with van der Waals surface area (Å²) >= 11 is 1.41. The van der Waals surface area contributed by atoms with Crippen molar-refractivity contribution in [1.82, 2.24) is 5.32 Å². The van der Waals surface area contributed by atoms with Gasteiger partial charge >= 0.3 is 0 Å². The van der Waals surface area contributed by atoms with Gasteiger partial charge < -0.3 is 20.7 Å². The highest BCUT2D eigenvalue weighted by Gasteiger charge is 2.23. The molecule has 0 bridgehead atoms. The van der Waals surface area contributed by atoms with E-state index in [2.05, 4.69) is 16.0 Å². The summed E-state index contributed by atoms with van der Waals surface area (Å²) in [5, 5.41) is 10.3. The first-order valence-electron chi connectivity index (χ1n) is 15.6. The van der Waals surface area contributed by atoms with E-state index in [4.69, 9.17) is 4.74 Å². The predicted octanol–water partition coefficient (Wildman–Crippen LogP) is 8.73. The summed E-state index contributed by atoms with van der Waals surface area (Å²) in [5.41, 5.74) is 3.30. The number of amides is 3. The minimum Gasteiger partial charge on any atom is -0.497 e. The SMILES string of the molecule is COc1cccc(/C=C(\NC(=O)c2ccccc2)C(=O)Nc2ccc(SC(C(=O)Nc3cccc4ccccc34)c3ccccc3)cc2)c1. The monoisotopic (exact) mass is 663 g/mol. The van der Waals surface area contributed by atoms with Crippen molar-refractivity contribution >= 4 is 57.7 Å². The molecule has 3 N–H and O–H groups in total. The molecule has 7 nitrogen and oxygen atoms in total. The minimum atomic E-state index is -0.536. The zero-order valence-corrected chi connectivity index (χ0v) is 27.4. The van der Waals surface area contributed by atoms with E-state index in [0.717, 1.165) is 26.9 Å². The summed E-state index contributed by atoms with van der Waals surface area (Å²) in [4.78, 5) is 41.2. The van der Waals surface area contributed by atoms with E-state index in [0.29, 0.717) is 22.6 Å². The number of anilines is 2. The van der Waals surface area contributed by atoms with Crippen LogP contribution >= 0.6 is 11.8 Å². The number of nitrogens with one attached hydrogen (secondary N) is 3. The topological polar surface area (TPSA) is 96.5 Å². The van der Waals surface area contributed by atoms with Crippen LogP contribution in [-0.2, 0) is 9.59 Å². The Kier molecular flexibility index (Phi) is 10.5. The molecule has 6 rings (SSSR count). The molecule has 1 atom stereocenters. The van der Waals surface area contributed by atoms with E-state index in [1.807, 2.05) is 97.1 Å². The van der Waals surface area contributed by atoms with Gasteiger partial charge in [-0.3, -0.25) is 14.4 Å². The quantitative estimate of drug-likeness (QED) is 0.0952. The van der Waals surface area contributed by atoms with Crippen molar-refractivity contribution in [3.63, 3.8) is 0 Å². The molecule has 0 aromatic heterocycles. The number of hydrogen-bond acceptors (Lipinski definition) is 5. The van der Waals surface area contributed by atoms with Crippen LogP contribution < -0.4 is 20.7 Å². The zero-order valence-electron chi connectivity index (χ0n) is 26.6. The summed E-state index contributed by atoms with van der Waals surface area (Å²) < 4.78 is 5.33. The zero-order chi connectivity index (χ0) is 34.0. The van der Waals surface area contributed by atoms with Crippen LogP contribution in [0.15, 0.2) is 162 Å². The van der Waals surface area contributed by atoms with Crippen LogP contribution in [0.3, 0.4) is 0 Å². The second-order valence-electron chi connectivity index (χ2n) is 11.1. The summed E-state index contributed by atoms with van der Waals surface area (Å²) in [6.07, 6.45) is 1.60. The van der Waals surface area contributed by atoms with Gasteiger partial charge in [-0.1, -0.05) is 97.1 Å². The maximum atomic E-state index is 13.8. The Hall–Kier alpha value is -6.12. The van der Waals surface area contributed by atoms with Crippen LogP contribution in [0.1, 0.15) is 26.7 Å². The Morgan fingerprint density at radius 2 is 1.37 bits per heavy atom. The van der Waals surface area contributed by atoms with E-state index in [9.17, 15) is 14.4 Å². The molecule has 0 aliphatic carbocycles. The van der Waals surface area contributed by atoms with E-state index in [1.165, 1.54) is 11.8 Å². The fraction of sp³-hybridized carbons (Fsp3) is 0.0488. The number of benzene rings is 6. The number of methoxy groups -OCH3 is 1. The van der Waals surface area contributed by atoms with Crippen LogP contribution in [0.25, 0.3) is 16.8 Å². The minimum absolute atomic E-state index is 0.0646. The second kappa shape index (κ2) is 15.6. The Morgan fingerprint density at radius 3 is 2.12 bits per heavy atom. The molecule has 8 heteroatoms. The Balaban J connectivity index is 1.20. The average molecular weight is 664 g/mol. The predicted molar refractivity (Wildman–Crippen MR) is 198 cm³/mol. The molecule has 6 aromatic rings. The smallest absolute Gasteiger partial charge is 0.272 e. The molecule has 0 radical (unpaired) electrons. The largest absolute Gasteiger partial charge is 0.497 e. The van der Waals surface area contributed by atoms with Gasteiger partial charge in [-0.25, -0.2) is 0 Å². The lowest BCUT2D eigenvalue weighted by Crippen LogP contribution is -2.30. The molecule has 0 spiro atoms. The van der Waals surface area contributed by atoms with Crippen molar-refractivity contribution in [2.24, 2.45) is 0 Å². The molecular weight excluding hydrogens is 631 g/mol. The maximum Gasteiger partial charge on any atom is 0.272 e. The number of hydrogen-bond donors (Lipinski definition) is 3. The fourth-order valence-corrected chi connectivity index (χ4v) is 6.25. The second-order valence-corrected chi connectivity index (χ2v) is 12.2. The third kappa shape index (κ3) is 8.43. The first-order chi connectivity index (χ1) is 24.0. The highest BCUT2D eigenvalue weighted by molar-refractivity contribution is 8.00. The van der Waals surface area contributed by atoms with Gasteiger partial charge in [-0.2, -0.15) is 0 Å². The van der Waals surface area contributed by atoms with Gasteiger partial charge in [0.2, 0.25) is 5.91 Å². The summed E-state index contributed by atoms with van der Waals surface area (Å²) in [7, 11) is 1.56. The summed E-state index contributed by atoms with van der Waals surface area (Å²) in [6.45, 7) is 0. The van der Waals surface area contributed by atoms with Crippen LogP contribution in [0, 0.1) is 0 Å². The van der Waals surface area contributed by atoms with E-state index in [1.54, 1.807) is 67.8 Å². The molecule has 0 saturated heterocycles. The first-order valence-corrected chi connectivity index (χ1v) is 16.5. The van der Waals surface area contributed by atoms with Crippen LogP contribution in [0.2, 0.25) is 0 Å². The molecule has 0 saturated carbocycles. The van der Waals surface area contributed by atoms with Crippen molar-refractivity contribution in [3.05, 3.63) is 174 Å². The number of rotatable bonds is 11. The summed E-state index contributed by atoms with van der Waals surface area (Å²) in [5.74, 6) is -0.434. The van der Waals surface area contributed by atoms with Gasteiger partial charge in [0.15, 0.2) is 0 Å². The molecule has 3 amide bonds. The van der Waals surface area contributed by atoms with Crippen molar-refractivity contribution in [1.29, 1.82) is 0 Å². The van der Waals surface area contributed by atoms with E-state index < -0.39 is 17.1 Å². The number of carbonyl (C=O) groups excluding carboxylic acids is 3. The van der Waals surface area contributed by atoms with Gasteiger partial charge in [-0.05, 0) is 77.2 Å². The van der Waals surface area contributed by atoms with Crippen molar-refractivity contribution in [3.8, 4) is 5.75 Å². The molecule has 0 aliphatic heterocycles.